The first-order valence-corrected chi connectivity index (χ1v) is 5.94. The fraction of sp³-hybridized carbons (Fsp3) is 0.231. The van der Waals surface area contributed by atoms with Crippen LogP contribution in [-0.4, -0.2) is 26.7 Å². The predicted octanol–water partition coefficient (Wildman–Crippen LogP) is 1.69. The minimum atomic E-state index is 0.00218. The molecule has 0 aliphatic rings. The van der Waals surface area contributed by atoms with Crippen LogP contribution in [0, 0.1) is 6.92 Å². The van der Waals surface area contributed by atoms with E-state index in [4.69, 9.17) is 5.73 Å². The van der Waals surface area contributed by atoms with Crippen molar-refractivity contribution in [1.82, 2.24) is 20.2 Å². The van der Waals surface area contributed by atoms with Gasteiger partial charge in [0.25, 0.3) is 0 Å². The maximum Gasteiger partial charge on any atom is 0.117 e. The van der Waals surface area contributed by atoms with Crippen molar-refractivity contribution in [3.8, 4) is 0 Å². The summed E-state index contributed by atoms with van der Waals surface area (Å²) < 4.78 is 0. The average Bonchev–Trinajstić information content (AvgIpc) is 2.96. The van der Waals surface area contributed by atoms with Gasteiger partial charge in [-0.3, -0.25) is 5.10 Å². The van der Waals surface area contributed by atoms with E-state index in [1.807, 2.05) is 37.3 Å². The zero-order valence-electron chi connectivity index (χ0n) is 10.1. The molecule has 3 rings (SSSR count). The van der Waals surface area contributed by atoms with E-state index in [9.17, 15) is 0 Å². The van der Waals surface area contributed by atoms with Gasteiger partial charge in [0, 0.05) is 12.2 Å². The molecule has 4 N–H and O–H groups in total. The van der Waals surface area contributed by atoms with Crippen molar-refractivity contribution in [2.24, 2.45) is 5.73 Å². The SMILES string of the molecule is Cc1cc(C(CN)c2nc3ccccc3[nH]2)n[nH]1. The van der Waals surface area contributed by atoms with Gasteiger partial charge in [-0.25, -0.2) is 4.98 Å². The highest BCUT2D eigenvalue weighted by molar-refractivity contribution is 5.74. The Balaban J connectivity index is 2.05. The second-order valence-corrected chi connectivity index (χ2v) is 4.40. The summed E-state index contributed by atoms with van der Waals surface area (Å²) >= 11 is 0. The summed E-state index contributed by atoms with van der Waals surface area (Å²) in [7, 11) is 0. The largest absolute Gasteiger partial charge is 0.341 e. The summed E-state index contributed by atoms with van der Waals surface area (Å²) in [5, 5.41) is 7.21. The lowest BCUT2D eigenvalue weighted by atomic mass is 10.1. The van der Waals surface area contributed by atoms with Gasteiger partial charge in [-0.1, -0.05) is 12.1 Å². The molecule has 2 aromatic heterocycles. The van der Waals surface area contributed by atoms with Crippen LogP contribution in [0.15, 0.2) is 30.3 Å². The Labute approximate surface area is 104 Å². The van der Waals surface area contributed by atoms with E-state index in [-0.39, 0.29) is 5.92 Å². The van der Waals surface area contributed by atoms with E-state index in [0.29, 0.717) is 6.54 Å². The average molecular weight is 241 g/mol. The van der Waals surface area contributed by atoms with Crippen molar-refractivity contribution in [3.05, 3.63) is 47.5 Å². The third-order valence-corrected chi connectivity index (χ3v) is 3.06. The monoisotopic (exact) mass is 241 g/mol. The lowest BCUT2D eigenvalue weighted by Crippen LogP contribution is -2.15. The van der Waals surface area contributed by atoms with Crippen molar-refractivity contribution in [2.75, 3.05) is 6.54 Å². The Bertz CT molecular complexity index is 634. The smallest absolute Gasteiger partial charge is 0.117 e. The minimum absolute atomic E-state index is 0.00218. The molecule has 0 aliphatic heterocycles. The molecule has 0 spiro atoms. The van der Waals surface area contributed by atoms with Gasteiger partial charge in [-0.15, -0.1) is 0 Å². The number of nitrogens with one attached hydrogen (secondary N) is 2. The van der Waals surface area contributed by atoms with Gasteiger partial charge in [0.1, 0.15) is 5.82 Å². The standard InChI is InChI=1S/C13H15N5/c1-8-6-12(18-17-8)9(7-14)13-15-10-4-2-3-5-11(10)16-13/h2-6,9H,7,14H2,1H3,(H,15,16)(H,17,18). The fourth-order valence-corrected chi connectivity index (χ4v) is 2.13. The first-order chi connectivity index (χ1) is 8.78. The van der Waals surface area contributed by atoms with Crippen molar-refractivity contribution >= 4 is 11.0 Å². The molecular weight excluding hydrogens is 226 g/mol. The zero-order chi connectivity index (χ0) is 12.5. The number of fused-ring (bicyclic) bond motifs is 1. The van der Waals surface area contributed by atoms with Crippen molar-refractivity contribution < 1.29 is 0 Å². The number of hydrogen-bond acceptors (Lipinski definition) is 3. The summed E-state index contributed by atoms with van der Waals surface area (Å²) in [6.07, 6.45) is 0. The lowest BCUT2D eigenvalue weighted by molar-refractivity contribution is 0.737. The highest BCUT2D eigenvalue weighted by Gasteiger charge is 2.18. The number of aromatic nitrogens is 4. The topological polar surface area (TPSA) is 83.4 Å². The van der Waals surface area contributed by atoms with E-state index in [2.05, 4.69) is 20.2 Å². The molecule has 0 amide bonds. The molecule has 2 heterocycles. The summed E-state index contributed by atoms with van der Waals surface area (Å²) in [6, 6.07) is 9.96. The Morgan fingerprint density at radius 2 is 2.17 bits per heavy atom. The van der Waals surface area contributed by atoms with Crippen LogP contribution in [0.4, 0.5) is 0 Å². The summed E-state index contributed by atoms with van der Waals surface area (Å²) in [5.41, 5.74) is 9.79. The van der Waals surface area contributed by atoms with Crippen LogP contribution in [0.1, 0.15) is 23.1 Å². The molecule has 0 aliphatic carbocycles. The molecule has 5 heteroatoms. The van der Waals surface area contributed by atoms with E-state index in [0.717, 1.165) is 28.2 Å². The molecule has 0 bridgehead atoms. The number of aryl methyl sites for hydroxylation is 1. The molecule has 3 aromatic rings. The van der Waals surface area contributed by atoms with Crippen LogP contribution in [-0.2, 0) is 0 Å². The van der Waals surface area contributed by atoms with Gasteiger partial charge >= 0.3 is 0 Å². The normalized spacial score (nSPS) is 13.0. The van der Waals surface area contributed by atoms with Gasteiger partial charge in [-0.05, 0) is 25.1 Å². The summed E-state index contributed by atoms with van der Waals surface area (Å²) in [4.78, 5) is 7.89. The summed E-state index contributed by atoms with van der Waals surface area (Å²) in [6.45, 7) is 2.45. The number of nitrogens with two attached hydrogens (primary N) is 1. The third-order valence-electron chi connectivity index (χ3n) is 3.06. The van der Waals surface area contributed by atoms with Gasteiger partial charge in [0.05, 0.1) is 22.6 Å². The molecule has 1 atom stereocenters. The predicted molar refractivity (Wildman–Crippen MR) is 70.3 cm³/mol. The molecule has 92 valence electrons. The Morgan fingerprint density at radius 3 is 2.83 bits per heavy atom. The molecule has 0 saturated carbocycles. The van der Waals surface area contributed by atoms with Crippen LogP contribution < -0.4 is 5.73 Å². The van der Waals surface area contributed by atoms with Gasteiger partial charge < -0.3 is 10.7 Å². The van der Waals surface area contributed by atoms with Crippen LogP contribution in [0.5, 0.6) is 0 Å². The number of aromatic amines is 2. The van der Waals surface area contributed by atoms with E-state index >= 15 is 0 Å². The molecule has 0 saturated heterocycles. The zero-order valence-corrected chi connectivity index (χ0v) is 10.1. The molecule has 0 radical (unpaired) electrons. The number of benzene rings is 1. The van der Waals surface area contributed by atoms with Crippen LogP contribution >= 0.6 is 0 Å². The number of imidazole rings is 1. The van der Waals surface area contributed by atoms with Gasteiger partial charge in [-0.2, -0.15) is 5.10 Å². The van der Waals surface area contributed by atoms with E-state index < -0.39 is 0 Å². The van der Waals surface area contributed by atoms with Crippen LogP contribution in [0.25, 0.3) is 11.0 Å². The number of hydrogen-bond donors (Lipinski definition) is 3. The minimum Gasteiger partial charge on any atom is -0.341 e. The van der Waals surface area contributed by atoms with Crippen LogP contribution in [0.2, 0.25) is 0 Å². The Morgan fingerprint density at radius 1 is 1.33 bits per heavy atom. The molecular formula is C13H15N5. The second kappa shape index (κ2) is 4.27. The van der Waals surface area contributed by atoms with Crippen molar-refractivity contribution in [3.63, 3.8) is 0 Å². The molecule has 5 nitrogen and oxygen atoms in total. The van der Waals surface area contributed by atoms with E-state index in [1.54, 1.807) is 0 Å². The Kier molecular flexibility index (Phi) is 2.60. The first-order valence-electron chi connectivity index (χ1n) is 5.94. The van der Waals surface area contributed by atoms with Crippen molar-refractivity contribution in [2.45, 2.75) is 12.8 Å². The summed E-state index contributed by atoms with van der Waals surface area (Å²) in [5.74, 6) is 0.868. The number of rotatable bonds is 3. The first kappa shape index (κ1) is 11.0. The number of nitrogens with zero attached hydrogens (tertiary/aromatic N) is 2. The quantitative estimate of drug-likeness (QED) is 0.652. The Hall–Kier alpha value is -2.14. The maximum atomic E-state index is 5.85. The van der Waals surface area contributed by atoms with Crippen LogP contribution in [0.3, 0.4) is 0 Å². The van der Waals surface area contributed by atoms with Gasteiger partial charge in [0.15, 0.2) is 0 Å². The highest BCUT2D eigenvalue weighted by Crippen LogP contribution is 2.22. The third kappa shape index (κ3) is 1.78. The molecule has 1 aromatic carbocycles. The molecule has 18 heavy (non-hydrogen) atoms. The highest BCUT2D eigenvalue weighted by atomic mass is 15.1. The maximum absolute atomic E-state index is 5.85. The van der Waals surface area contributed by atoms with Crippen molar-refractivity contribution in [1.29, 1.82) is 0 Å². The molecule has 1 unspecified atom stereocenters. The molecule has 0 fully saturated rings. The lowest BCUT2D eigenvalue weighted by Gasteiger charge is -2.07. The fourth-order valence-electron chi connectivity index (χ4n) is 2.13. The van der Waals surface area contributed by atoms with E-state index in [1.165, 1.54) is 0 Å². The number of para-hydroxylation sites is 2. The van der Waals surface area contributed by atoms with Gasteiger partial charge in [0.2, 0.25) is 0 Å². The second-order valence-electron chi connectivity index (χ2n) is 4.40. The number of H-pyrrole nitrogens is 2.